The Morgan fingerprint density at radius 1 is 1.32 bits per heavy atom. The van der Waals surface area contributed by atoms with Crippen molar-refractivity contribution in [3.8, 4) is 16.3 Å². The zero-order chi connectivity index (χ0) is 14.0. The first-order valence-corrected chi connectivity index (χ1v) is 6.63. The van der Waals surface area contributed by atoms with Gasteiger partial charge in [0.15, 0.2) is 0 Å². The number of aryl methyl sites for hydroxylation is 2. The first kappa shape index (κ1) is 13.9. The molecule has 0 saturated carbocycles. The Morgan fingerprint density at radius 2 is 1.95 bits per heavy atom. The van der Waals surface area contributed by atoms with Gasteiger partial charge in [0.25, 0.3) is 0 Å². The Kier molecular flexibility index (Phi) is 3.82. The van der Waals surface area contributed by atoms with Gasteiger partial charge in [0.1, 0.15) is 10.8 Å². The van der Waals surface area contributed by atoms with Gasteiger partial charge >= 0.3 is 6.23 Å². The van der Waals surface area contributed by atoms with E-state index < -0.39 is 6.23 Å². The largest absolute Gasteiger partial charge is 0.466 e. The van der Waals surface area contributed by atoms with Crippen LogP contribution >= 0.6 is 11.3 Å². The van der Waals surface area contributed by atoms with E-state index in [1.165, 1.54) is 17.0 Å². The number of rotatable bonds is 4. The van der Waals surface area contributed by atoms with E-state index in [1.54, 1.807) is 23.5 Å². The number of hydrogen-bond acceptors (Lipinski definition) is 4. The molecule has 0 aliphatic rings. The van der Waals surface area contributed by atoms with Crippen LogP contribution in [-0.2, 0) is 6.42 Å². The van der Waals surface area contributed by atoms with Crippen LogP contribution in [0.4, 0.5) is 8.78 Å². The van der Waals surface area contributed by atoms with Crippen LogP contribution in [0, 0.1) is 6.92 Å². The van der Waals surface area contributed by atoms with E-state index in [4.69, 9.17) is 0 Å². The molecule has 0 atom stereocenters. The molecule has 0 unspecified atom stereocenters. The molecular weight excluding hydrogens is 270 g/mol. The number of halogens is 2. The standard InChI is InChI=1S/C13H14F2N2OS/c1-3-11-8(2)17-12(19-11)9-4-6-10(7-5-9)18-13(14,15)16/h4-7H,3,16H2,1-2H3. The molecule has 6 heteroatoms. The van der Waals surface area contributed by atoms with E-state index in [9.17, 15) is 8.78 Å². The fourth-order valence-corrected chi connectivity index (χ4v) is 2.71. The predicted molar refractivity (Wildman–Crippen MR) is 71.4 cm³/mol. The van der Waals surface area contributed by atoms with Crippen LogP contribution in [0.1, 0.15) is 17.5 Å². The van der Waals surface area contributed by atoms with Gasteiger partial charge in [-0.2, -0.15) is 0 Å². The number of aromatic nitrogens is 1. The SMILES string of the molecule is CCc1sc(-c2ccc(OC(N)(F)F)cc2)nc1C. The number of nitrogens with zero attached hydrogens (tertiary/aromatic N) is 1. The number of alkyl halides is 2. The minimum Gasteiger partial charge on any atom is -0.420 e. The van der Waals surface area contributed by atoms with Crippen LogP contribution in [-0.4, -0.2) is 11.2 Å². The van der Waals surface area contributed by atoms with E-state index in [0.29, 0.717) is 0 Å². The summed E-state index contributed by atoms with van der Waals surface area (Å²) in [4.78, 5) is 5.69. The van der Waals surface area contributed by atoms with Crippen LogP contribution in [0.15, 0.2) is 24.3 Å². The van der Waals surface area contributed by atoms with E-state index in [0.717, 1.165) is 22.7 Å². The second-order valence-corrected chi connectivity index (χ2v) is 5.15. The molecule has 102 valence electrons. The molecule has 2 N–H and O–H groups in total. The van der Waals surface area contributed by atoms with Gasteiger partial charge in [-0.05, 0) is 37.6 Å². The third-order valence-corrected chi connectivity index (χ3v) is 3.92. The van der Waals surface area contributed by atoms with Crippen LogP contribution in [0.25, 0.3) is 10.6 Å². The van der Waals surface area contributed by atoms with E-state index in [2.05, 4.69) is 22.4 Å². The van der Waals surface area contributed by atoms with E-state index >= 15 is 0 Å². The summed E-state index contributed by atoms with van der Waals surface area (Å²) in [6.45, 7) is 4.04. The zero-order valence-corrected chi connectivity index (χ0v) is 11.4. The number of ether oxygens (including phenoxy) is 1. The van der Waals surface area contributed by atoms with Crippen LogP contribution in [0.2, 0.25) is 0 Å². The lowest BCUT2D eigenvalue weighted by molar-refractivity contribution is -0.170. The molecule has 0 amide bonds. The molecule has 2 aromatic rings. The van der Waals surface area contributed by atoms with E-state index in [1.807, 2.05) is 6.92 Å². The third-order valence-electron chi connectivity index (χ3n) is 2.57. The highest BCUT2D eigenvalue weighted by atomic mass is 32.1. The lowest BCUT2D eigenvalue weighted by Crippen LogP contribution is -2.35. The van der Waals surface area contributed by atoms with Crippen LogP contribution in [0.5, 0.6) is 5.75 Å². The quantitative estimate of drug-likeness (QED) is 0.689. The lowest BCUT2D eigenvalue weighted by atomic mass is 10.2. The second-order valence-electron chi connectivity index (χ2n) is 4.07. The van der Waals surface area contributed by atoms with Gasteiger partial charge in [0, 0.05) is 10.4 Å². The number of benzene rings is 1. The molecule has 1 aromatic heterocycles. The normalized spacial score (nSPS) is 11.6. The van der Waals surface area contributed by atoms with Gasteiger partial charge in [-0.15, -0.1) is 20.1 Å². The molecule has 0 saturated heterocycles. The Morgan fingerprint density at radius 3 is 2.42 bits per heavy atom. The summed E-state index contributed by atoms with van der Waals surface area (Å²) in [6, 6.07) is 6.30. The Hall–Kier alpha value is -1.53. The molecule has 0 spiro atoms. The first-order valence-electron chi connectivity index (χ1n) is 5.81. The summed E-state index contributed by atoms with van der Waals surface area (Å²) in [6.07, 6.45) is -2.72. The van der Waals surface area contributed by atoms with Gasteiger partial charge in [-0.1, -0.05) is 6.92 Å². The first-order chi connectivity index (χ1) is 8.89. The van der Waals surface area contributed by atoms with Crippen molar-refractivity contribution in [2.45, 2.75) is 26.5 Å². The van der Waals surface area contributed by atoms with Crippen molar-refractivity contribution < 1.29 is 13.5 Å². The van der Waals surface area contributed by atoms with Gasteiger partial charge < -0.3 is 4.74 Å². The lowest BCUT2D eigenvalue weighted by Gasteiger charge is -2.12. The number of nitrogens with two attached hydrogens (primary N) is 1. The Labute approximate surface area is 114 Å². The third kappa shape index (κ3) is 3.48. The van der Waals surface area contributed by atoms with Crippen molar-refractivity contribution in [3.05, 3.63) is 34.8 Å². The van der Waals surface area contributed by atoms with Crippen molar-refractivity contribution in [1.29, 1.82) is 0 Å². The average Bonchev–Trinajstić information content (AvgIpc) is 2.69. The molecule has 2 rings (SSSR count). The molecule has 1 heterocycles. The van der Waals surface area contributed by atoms with E-state index in [-0.39, 0.29) is 5.75 Å². The molecule has 0 bridgehead atoms. The number of hydrogen-bond donors (Lipinski definition) is 1. The van der Waals surface area contributed by atoms with Crippen LogP contribution in [0.3, 0.4) is 0 Å². The summed E-state index contributed by atoms with van der Waals surface area (Å²) < 4.78 is 29.2. The summed E-state index contributed by atoms with van der Waals surface area (Å²) >= 11 is 1.61. The highest BCUT2D eigenvalue weighted by molar-refractivity contribution is 7.15. The van der Waals surface area contributed by atoms with Gasteiger partial charge in [0.2, 0.25) is 0 Å². The Bertz CT molecular complexity index is 561. The number of thiazole rings is 1. The highest BCUT2D eigenvalue weighted by Crippen LogP contribution is 2.30. The van der Waals surface area contributed by atoms with Gasteiger partial charge in [-0.25, -0.2) is 10.7 Å². The predicted octanol–water partition coefficient (Wildman–Crippen LogP) is 3.57. The summed E-state index contributed by atoms with van der Waals surface area (Å²) in [5.74, 6) is 0.0280. The monoisotopic (exact) mass is 284 g/mol. The zero-order valence-electron chi connectivity index (χ0n) is 10.6. The molecule has 0 fully saturated rings. The van der Waals surface area contributed by atoms with Crippen LogP contribution < -0.4 is 10.5 Å². The van der Waals surface area contributed by atoms with Crippen molar-refractivity contribution in [1.82, 2.24) is 4.98 Å². The molecule has 0 aliphatic heterocycles. The fraction of sp³-hybridized carbons (Fsp3) is 0.308. The smallest absolute Gasteiger partial charge is 0.420 e. The molecular formula is C13H14F2N2OS. The molecule has 0 aliphatic carbocycles. The molecule has 19 heavy (non-hydrogen) atoms. The highest BCUT2D eigenvalue weighted by Gasteiger charge is 2.24. The summed E-state index contributed by atoms with van der Waals surface area (Å²) in [7, 11) is 0. The fourth-order valence-electron chi connectivity index (χ4n) is 1.70. The van der Waals surface area contributed by atoms with Gasteiger partial charge in [0.05, 0.1) is 5.69 Å². The van der Waals surface area contributed by atoms with Gasteiger partial charge in [-0.3, -0.25) is 0 Å². The maximum Gasteiger partial charge on any atom is 0.466 e. The molecule has 0 radical (unpaired) electrons. The second kappa shape index (κ2) is 5.22. The van der Waals surface area contributed by atoms with Crippen molar-refractivity contribution in [2.75, 3.05) is 0 Å². The van der Waals surface area contributed by atoms with Crippen molar-refractivity contribution >= 4 is 11.3 Å². The topological polar surface area (TPSA) is 48.1 Å². The molecule has 1 aromatic carbocycles. The average molecular weight is 284 g/mol. The maximum absolute atomic E-state index is 12.5. The minimum absolute atomic E-state index is 0.0280. The Balaban J connectivity index is 2.22. The summed E-state index contributed by atoms with van der Waals surface area (Å²) in [5.41, 5.74) is 6.38. The summed E-state index contributed by atoms with van der Waals surface area (Å²) in [5, 5.41) is 0.875. The maximum atomic E-state index is 12.5. The molecule has 3 nitrogen and oxygen atoms in total. The van der Waals surface area contributed by atoms with Crippen molar-refractivity contribution in [2.24, 2.45) is 5.73 Å². The van der Waals surface area contributed by atoms with Crippen molar-refractivity contribution in [3.63, 3.8) is 0 Å². The minimum atomic E-state index is -3.66.